The molecule has 30 heavy (non-hydrogen) atoms. The number of hydrogen-bond donors (Lipinski definition) is 1. The fourth-order valence-electron chi connectivity index (χ4n) is 4.58. The Balaban J connectivity index is 1.29. The van der Waals surface area contributed by atoms with Gasteiger partial charge in [-0.25, -0.2) is 0 Å². The van der Waals surface area contributed by atoms with Crippen molar-refractivity contribution in [2.45, 2.75) is 33.6 Å². The average molecular weight is 407 g/mol. The summed E-state index contributed by atoms with van der Waals surface area (Å²) in [7, 11) is 0. The first-order valence-corrected chi connectivity index (χ1v) is 11.2. The Morgan fingerprint density at radius 3 is 2.30 bits per heavy atom. The largest absolute Gasteiger partial charge is 0.372 e. The number of nitrogens with zero attached hydrogens (tertiary/aromatic N) is 3. The van der Waals surface area contributed by atoms with Gasteiger partial charge < -0.3 is 15.1 Å². The summed E-state index contributed by atoms with van der Waals surface area (Å²) in [6, 6.07) is 12.9. The molecule has 2 fully saturated rings. The second kappa shape index (κ2) is 9.09. The van der Waals surface area contributed by atoms with E-state index in [1.165, 1.54) is 35.3 Å². The zero-order valence-corrected chi connectivity index (χ0v) is 18.6. The molecule has 0 aromatic heterocycles. The van der Waals surface area contributed by atoms with Crippen molar-refractivity contribution in [3.63, 3.8) is 0 Å². The highest BCUT2D eigenvalue weighted by Crippen LogP contribution is 2.26. The van der Waals surface area contributed by atoms with Crippen LogP contribution in [0.4, 0.5) is 17.1 Å². The van der Waals surface area contributed by atoms with Gasteiger partial charge in [-0.2, -0.15) is 0 Å². The van der Waals surface area contributed by atoms with Crippen LogP contribution in [-0.2, 0) is 4.79 Å². The van der Waals surface area contributed by atoms with E-state index in [4.69, 9.17) is 0 Å². The van der Waals surface area contributed by atoms with Crippen molar-refractivity contribution in [3.8, 4) is 0 Å². The van der Waals surface area contributed by atoms with Crippen LogP contribution in [0.25, 0.3) is 0 Å². The van der Waals surface area contributed by atoms with Gasteiger partial charge in [0.15, 0.2) is 0 Å². The molecule has 0 spiro atoms. The fourth-order valence-corrected chi connectivity index (χ4v) is 4.58. The Kier molecular flexibility index (Phi) is 6.28. The number of piperazine rings is 1. The third-order valence-electron chi connectivity index (χ3n) is 6.61. The molecule has 0 bridgehead atoms. The van der Waals surface area contributed by atoms with Gasteiger partial charge in [-0.15, -0.1) is 0 Å². The lowest BCUT2D eigenvalue weighted by Gasteiger charge is -2.36. The average Bonchev–Trinajstić information content (AvgIpc) is 3.27. The minimum absolute atomic E-state index is 0.0761. The minimum atomic E-state index is 0.0761. The van der Waals surface area contributed by atoms with E-state index in [0.29, 0.717) is 6.54 Å². The van der Waals surface area contributed by atoms with E-state index in [1.54, 1.807) is 0 Å². The van der Waals surface area contributed by atoms with E-state index >= 15 is 0 Å². The first kappa shape index (κ1) is 20.7. The Bertz CT molecular complexity index is 896. The molecule has 0 radical (unpaired) electrons. The van der Waals surface area contributed by atoms with Gasteiger partial charge in [-0.3, -0.25) is 9.69 Å². The van der Waals surface area contributed by atoms with Gasteiger partial charge >= 0.3 is 0 Å². The summed E-state index contributed by atoms with van der Waals surface area (Å²) < 4.78 is 0. The molecule has 2 aromatic carbocycles. The van der Waals surface area contributed by atoms with Crippen LogP contribution in [0.1, 0.15) is 29.5 Å². The lowest BCUT2D eigenvalue weighted by molar-refractivity contribution is -0.117. The van der Waals surface area contributed by atoms with Gasteiger partial charge in [0.2, 0.25) is 5.91 Å². The van der Waals surface area contributed by atoms with Crippen LogP contribution in [-0.4, -0.2) is 56.6 Å². The normalized spacial score (nSPS) is 17.4. The molecule has 2 aliphatic heterocycles. The molecule has 0 unspecified atom stereocenters. The second-order valence-electron chi connectivity index (χ2n) is 8.72. The third kappa shape index (κ3) is 4.62. The Morgan fingerprint density at radius 2 is 1.60 bits per heavy atom. The highest BCUT2D eigenvalue weighted by atomic mass is 16.2. The number of hydrogen-bond acceptors (Lipinski definition) is 4. The Labute approximate surface area is 180 Å². The lowest BCUT2D eigenvalue weighted by atomic mass is 10.1. The van der Waals surface area contributed by atoms with Crippen molar-refractivity contribution >= 4 is 23.0 Å². The first-order valence-electron chi connectivity index (χ1n) is 11.2. The number of rotatable bonds is 5. The number of carbonyl (C=O) groups excluding carboxylic acids is 1. The van der Waals surface area contributed by atoms with Crippen LogP contribution in [0.15, 0.2) is 36.4 Å². The molecule has 4 rings (SSSR count). The van der Waals surface area contributed by atoms with Gasteiger partial charge in [0.05, 0.1) is 6.54 Å². The van der Waals surface area contributed by atoms with E-state index in [1.807, 2.05) is 0 Å². The smallest absolute Gasteiger partial charge is 0.238 e. The van der Waals surface area contributed by atoms with E-state index in [2.05, 4.69) is 77.2 Å². The molecule has 5 nitrogen and oxygen atoms in total. The summed E-state index contributed by atoms with van der Waals surface area (Å²) in [5, 5.41) is 3.12. The molecule has 1 N–H and O–H groups in total. The molecule has 0 atom stereocenters. The van der Waals surface area contributed by atoms with Crippen LogP contribution < -0.4 is 15.1 Å². The molecule has 1 amide bonds. The predicted molar refractivity (Wildman–Crippen MR) is 126 cm³/mol. The predicted octanol–water partition coefficient (Wildman–Crippen LogP) is 3.97. The zero-order chi connectivity index (χ0) is 21.1. The maximum absolute atomic E-state index is 12.6. The Hall–Kier alpha value is -2.53. The van der Waals surface area contributed by atoms with Crippen LogP contribution in [0, 0.1) is 20.8 Å². The van der Waals surface area contributed by atoms with Crippen LogP contribution >= 0.6 is 0 Å². The second-order valence-corrected chi connectivity index (χ2v) is 8.72. The molecule has 2 saturated heterocycles. The third-order valence-corrected chi connectivity index (χ3v) is 6.61. The lowest BCUT2D eigenvalue weighted by Crippen LogP contribution is -2.48. The van der Waals surface area contributed by atoms with E-state index in [9.17, 15) is 4.79 Å². The van der Waals surface area contributed by atoms with Crippen molar-refractivity contribution in [2.75, 3.05) is 60.9 Å². The topological polar surface area (TPSA) is 38.8 Å². The molecule has 0 saturated carbocycles. The van der Waals surface area contributed by atoms with Gasteiger partial charge in [0, 0.05) is 56.3 Å². The molecular formula is C25H34N4O. The summed E-state index contributed by atoms with van der Waals surface area (Å²) in [5.74, 6) is 0.0761. The summed E-state index contributed by atoms with van der Waals surface area (Å²) in [4.78, 5) is 19.8. The standard InChI is InChI=1S/C25H34N4O/c1-19-7-6-8-24(21(19)3)29-15-13-27(14-16-29)18-25(30)26-23-10-9-22(17-20(23)2)28-11-4-5-12-28/h6-10,17H,4-5,11-16,18H2,1-3H3,(H,26,30). The van der Waals surface area contributed by atoms with E-state index in [-0.39, 0.29) is 5.91 Å². The van der Waals surface area contributed by atoms with E-state index in [0.717, 1.165) is 50.5 Å². The molecule has 2 aromatic rings. The van der Waals surface area contributed by atoms with Crippen molar-refractivity contribution in [1.29, 1.82) is 0 Å². The zero-order valence-electron chi connectivity index (χ0n) is 18.6. The molecule has 2 heterocycles. The molecule has 2 aliphatic rings. The van der Waals surface area contributed by atoms with Crippen LogP contribution in [0.5, 0.6) is 0 Å². The summed E-state index contributed by atoms with van der Waals surface area (Å²) >= 11 is 0. The number of amides is 1. The minimum Gasteiger partial charge on any atom is -0.372 e. The molecule has 0 aliphatic carbocycles. The van der Waals surface area contributed by atoms with Gasteiger partial charge in [-0.1, -0.05) is 12.1 Å². The fraction of sp³-hybridized carbons (Fsp3) is 0.480. The highest BCUT2D eigenvalue weighted by molar-refractivity contribution is 5.93. The summed E-state index contributed by atoms with van der Waals surface area (Å²) in [6.07, 6.45) is 2.54. The highest BCUT2D eigenvalue weighted by Gasteiger charge is 2.21. The number of carbonyl (C=O) groups is 1. The SMILES string of the molecule is Cc1cc(N2CCCC2)ccc1NC(=O)CN1CCN(c2cccc(C)c2C)CC1. The van der Waals surface area contributed by atoms with Crippen molar-refractivity contribution < 1.29 is 4.79 Å². The number of aryl methyl sites for hydroxylation is 2. The van der Waals surface area contributed by atoms with Gasteiger partial charge in [-0.05, 0) is 74.6 Å². The van der Waals surface area contributed by atoms with Crippen LogP contribution in [0.3, 0.4) is 0 Å². The summed E-state index contributed by atoms with van der Waals surface area (Å²) in [6.45, 7) is 12.9. The number of nitrogens with one attached hydrogen (secondary N) is 1. The number of anilines is 3. The van der Waals surface area contributed by atoms with Gasteiger partial charge in [0.25, 0.3) is 0 Å². The Morgan fingerprint density at radius 1 is 0.867 bits per heavy atom. The van der Waals surface area contributed by atoms with Crippen LogP contribution in [0.2, 0.25) is 0 Å². The maximum Gasteiger partial charge on any atom is 0.238 e. The quantitative estimate of drug-likeness (QED) is 0.815. The van der Waals surface area contributed by atoms with Crippen molar-refractivity contribution in [2.24, 2.45) is 0 Å². The van der Waals surface area contributed by atoms with Crippen molar-refractivity contribution in [3.05, 3.63) is 53.1 Å². The summed E-state index contributed by atoms with van der Waals surface area (Å²) in [5.41, 5.74) is 7.35. The van der Waals surface area contributed by atoms with Crippen molar-refractivity contribution in [1.82, 2.24) is 4.90 Å². The molecular weight excluding hydrogens is 372 g/mol. The monoisotopic (exact) mass is 406 g/mol. The first-order chi connectivity index (χ1) is 14.5. The molecule has 160 valence electrons. The maximum atomic E-state index is 12.6. The van der Waals surface area contributed by atoms with E-state index < -0.39 is 0 Å². The molecule has 5 heteroatoms. The number of benzene rings is 2. The van der Waals surface area contributed by atoms with Gasteiger partial charge in [0.1, 0.15) is 0 Å².